The summed E-state index contributed by atoms with van der Waals surface area (Å²) in [6.45, 7) is 10.0. The maximum atomic E-state index is 11.4. The van der Waals surface area contributed by atoms with Crippen molar-refractivity contribution in [3.63, 3.8) is 0 Å². The van der Waals surface area contributed by atoms with Crippen molar-refractivity contribution in [2.45, 2.75) is 52.1 Å². The number of ether oxygens (including phenoxy) is 1. The number of amides is 1. The third kappa shape index (κ3) is 6.40. The van der Waals surface area contributed by atoms with Crippen molar-refractivity contribution in [2.75, 3.05) is 32.7 Å². The molecule has 2 aliphatic heterocycles. The summed E-state index contributed by atoms with van der Waals surface area (Å²) >= 11 is 0. The number of likely N-dealkylation sites (tertiary alicyclic amines) is 1. The first-order valence-electron chi connectivity index (χ1n) is 9.20. The third-order valence-corrected chi connectivity index (χ3v) is 4.64. The number of Topliss-reactive ketones (excluding diaryl/α,β-unsaturated/α-hetero) is 1. The Kier molecular flexibility index (Phi) is 6.63. The second-order valence-electron chi connectivity index (χ2n) is 8.29. The maximum absolute atomic E-state index is 11.4. The molecule has 2 saturated heterocycles. The van der Waals surface area contributed by atoms with Crippen LogP contribution in [0.4, 0.5) is 4.79 Å². The fraction of sp³-hybridized carbons (Fsp3) is 0.889. The lowest BCUT2D eigenvalue weighted by Gasteiger charge is -2.39. The highest BCUT2D eigenvalue weighted by atomic mass is 16.6. The average molecular weight is 339 g/mol. The molecule has 0 aromatic heterocycles. The van der Waals surface area contributed by atoms with E-state index in [1.165, 1.54) is 12.8 Å². The van der Waals surface area contributed by atoms with Crippen molar-refractivity contribution >= 4 is 11.9 Å². The fourth-order valence-electron chi connectivity index (χ4n) is 2.70. The third-order valence-electron chi connectivity index (χ3n) is 4.64. The van der Waals surface area contributed by atoms with Crippen molar-refractivity contribution in [1.29, 1.82) is 0 Å². The summed E-state index contributed by atoms with van der Waals surface area (Å²) in [4.78, 5) is 24.3. The van der Waals surface area contributed by atoms with Gasteiger partial charge in [0.15, 0.2) is 0 Å². The number of hydrogen-bond donors (Lipinski definition) is 2. The highest BCUT2D eigenvalue weighted by Crippen LogP contribution is 2.31. The number of nitrogens with two attached hydrogens (primary N) is 1. The Labute approximate surface area is 145 Å². The van der Waals surface area contributed by atoms with E-state index in [2.05, 4.69) is 5.32 Å². The van der Waals surface area contributed by atoms with Crippen molar-refractivity contribution < 1.29 is 14.3 Å². The first-order valence-corrected chi connectivity index (χ1v) is 9.20. The van der Waals surface area contributed by atoms with Crippen LogP contribution in [0.25, 0.3) is 0 Å². The van der Waals surface area contributed by atoms with Crippen LogP contribution in [-0.2, 0) is 9.53 Å². The van der Waals surface area contributed by atoms with Crippen LogP contribution >= 0.6 is 0 Å². The lowest BCUT2D eigenvalue weighted by molar-refractivity contribution is -0.120. The molecule has 1 aliphatic carbocycles. The zero-order valence-corrected chi connectivity index (χ0v) is 15.3. The van der Waals surface area contributed by atoms with Gasteiger partial charge in [0, 0.05) is 31.3 Å². The van der Waals surface area contributed by atoms with Gasteiger partial charge in [0.1, 0.15) is 11.4 Å². The van der Waals surface area contributed by atoms with Crippen molar-refractivity contribution in [1.82, 2.24) is 10.2 Å². The van der Waals surface area contributed by atoms with Gasteiger partial charge < -0.3 is 20.7 Å². The van der Waals surface area contributed by atoms with E-state index >= 15 is 0 Å². The molecule has 0 atom stereocenters. The van der Waals surface area contributed by atoms with Crippen LogP contribution in [-0.4, -0.2) is 55.1 Å². The first kappa shape index (κ1) is 19.2. The molecule has 24 heavy (non-hydrogen) atoms. The molecule has 0 aromatic rings. The van der Waals surface area contributed by atoms with Crippen LogP contribution in [0, 0.1) is 17.8 Å². The van der Waals surface area contributed by atoms with Crippen molar-refractivity contribution in [2.24, 2.45) is 23.5 Å². The summed E-state index contributed by atoms with van der Waals surface area (Å²) in [5, 5.41) is 3.22. The molecule has 3 N–H and O–H groups in total. The lowest BCUT2D eigenvalue weighted by Crippen LogP contribution is -2.53. The Bertz CT molecular complexity index is 433. The van der Waals surface area contributed by atoms with Crippen LogP contribution in [0.15, 0.2) is 0 Å². The predicted octanol–water partition coefficient (Wildman–Crippen LogP) is 1.78. The number of carbonyl (C=O) groups is 2. The standard InChI is InChI=1S/C9H18N2O2.C9H15NO/c1-9(2,3)13-8(12)11-5-7(4-10)6-11;11-9(8-2-3-8)4-1-7-5-10-6-7/h7H,4-6,10H2,1-3H3;7-8,10H,1-6H2. The Balaban J connectivity index is 0.000000175. The molecule has 0 spiro atoms. The highest BCUT2D eigenvalue weighted by Gasteiger charge is 2.32. The van der Waals surface area contributed by atoms with Crippen molar-refractivity contribution in [3.05, 3.63) is 0 Å². The normalized spacial score (nSPS) is 21.2. The minimum absolute atomic E-state index is 0.225. The quantitative estimate of drug-likeness (QED) is 0.797. The molecule has 2 heterocycles. The molecule has 3 rings (SSSR count). The van der Waals surface area contributed by atoms with Crippen molar-refractivity contribution in [3.8, 4) is 0 Å². The topological polar surface area (TPSA) is 84.7 Å². The zero-order valence-electron chi connectivity index (χ0n) is 15.3. The minimum atomic E-state index is -0.398. The van der Waals surface area contributed by atoms with Gasteiger partial charge in [0.25, 0.3) is 0 Å². The predicted molar refractivity (Wildman–Crippen MR) is 93.7 cm³/mol. The van der Waals surface area contributed by atoms with Crippen LogP contribution in [0.2, 0.25) is 0 Å². The second-order valence-corrected chi connectivity index (χ2v) is 8.29. The Morgan fingerprint density at radius 1 is 1.17 bits per heavy atom. The summed E-state index contributed by atoms with van der Waals surface area (Å²) in [5.41, 5.74) is 5.05. The van der Waals surface area contributed by atoms with Gasteiger partial charge >= 0.3 is 6.09 Å². The van der Waals surface area contributed by atoms with Gasteiger partial charge in [-0.2, -0.15) is 0 Å². The Morgan fingerprint density at radius 3 is 2.21 bits per heavy atom. The maximum Gasteiger partial charge on any atom is 0.410 e. The van der Waals surface area contributed by atoms with E-state index in [-0.39, 0.29) is 6.09 Å². The highest BCUT2D eigenvalue weighted by molar-refractivity contribution is 5.83. The van der Waals surface area contributed by atoms with E-state index in [0.717, 1.165) is 44.9 Å². The zero-order chi connectivity index (χ0) is 17.7. The van der Waals surface area contributed by atoms with Gasteiger partial charge in [-0.05, 0) is 65.6 Å². The van der Waals surface area contributed by atoms with Gasteiger partial charge in [-0.3, -0.25) is 4.79 Å². The van der Waals surface area contributed by atoms with Gasteiger partial charge in [0.05, 0.1) is 0 Å². The molecule has 6 heteroatoms. The van der Waals surface area contributed by atoms with E-state index < -0.39 is 5.60 Å². The molecular formula is C18H33N3O3. The van der Waals surface area contributed by atoms with E-state index in [1.807, 2.05) is 20.8 Å². The molecular weight excluding hydrogens is 306 g/mol. The van der Waals surface area contributed by atoms with Crippen LogP contribution in [0.5, 0.6) is 0 Å². The molecule has 138 valence electrons. The second kappa shape index (κ2) is 8.30. The molecule has 6 nitrogen and oxygen atoms in total. The molecule has 1 amide bonds. The molecule has 0 radical (unpaired) electrons. The summed E-state index contributed by atoms with van der Waals surface area (Å²) < 4.78 is 5.18. The summed E-state index contributed by atoms with van der Waals surface area (Å²) in [7, 11) is 0. The van der Waals surface area contributed by atoms with E-state index in [1.54, 1.807) is 4.90 Å². The molecule has 3 fully saturated rings. The van der Waals surface area contributed by atoms with Gasteiger partial charge in [-0.25, -0.2) is 4.79 Å². The molecule has 0 unspecified atom stereocenters. The summed E-state index contributed by atoms with van der Waals surface area (Å²) in [5.74, 6) is 2.27. The Hall–Kier alpha value is -1.14. The Morgan fingerprint density at radius 2 is 1.79 bits per heavy atom. The van der Waals surface area contributed by atoms with Gasteiger partial charge in [-0.15, -0.1) is 0 Å². The van der Waals surface area contributed by atoms with Crippen LogP contribution in [0.3, 0.4) is 0 Å². The number of hydrogen-bond acceptors (Lipinski definition) is 5. The number of carbonyl (C=O) groups excluding carboxylic acids is 2. The SMILES string of the molecule is CC(C)(C)OC(=O)N1CC(CN)C1.O=C(CCC1CNC1)C1CC1. The lowest BCUT2D eigenvalue weighted by atomic mass is 9.95. The summed E-state index contributed by atoms with van der Waals surface area (Å²) in [6, 6.07) is 0. The first-order chi connectivity index (χ1) is 11.3. The minimum Gasteiger partial charge on any atom is -0.444 e. The van der Waals surface area contributed by atoms with Gasteiger partial charge in [-0.1, -0.05) is 0 Å². The summed E-state index contributed by atoms with van der Waals surface area (Å²) in [6.07, 6.45) is 4.08. The molecule has 0 aromatic carbocycles. The number of ketones is 1. The van der Waals surface area contributed by atoms with Gasteiger partial charge in [0.2, 0.25) is 0 Å². The number of nitrogens with one attached hydrogen (secondary N) is 1. The fourth-order valence-corrected chi connectivity index (χ4v) is 2.70. The van der Waals surface area contributed by atoms with Crippen LogP contribution < -0.4 is 11.1 Å². The van der Waals surface area contributed by atoms with E-state index in [4.69, 9.17) is 10.5 Å². The monoisotopic (exact) mass is 339 g/mol. The molecule has 1 saturated carbocycles. The smallest absolute Gasteiger partial charge is 0.410 e. The number of nitrogens with zero attached hydrogens (tertiary/aromatic N) is 1. The average Bonchev–Trinajstić information content (AvgIpc) is 3.18. The van der Waals surface area contributed by atoms with E-state index in [0.29, 0.717) is 24.2 Å². The molecule has 0 bridgehead atoms. The van der Waals surface area contributed by atoms with E-state index in [9.17, 15) is 9.59 Å². The largest absolute Gasteiger partial charge is 0.444 e. The number of rotatable bonds is 5. The molecule has 3 aliphatic rings. The van der Waals surface area contributed by atoms with Crippen LogP contribution in [0.1, 0.15) is 46.5 Å².